The maximum atomic E-state index is 13.3. The second-order valence-corrected chi connectivity index (χ2v) is 7.32. The van der Waals surface area contributed by atoms with Crippen molar-refractivity contribution in [2.75, 3.05) is 6.61 Å². The summed E-state index contributed by atoms with van der Waals surface area (Å²) < 4.78 is 92.0. The molecule has 1 aliphatic heterocycles. The molecule has 0 unspecified atom stereocenters. The van der Waals surface area contributed by atoms with Crippen LogP contribution in [0.1, 0.15) is 34.2 Å². The molecular formula is C18H13F6N7O2. The molecule has 0 saturated heterocycles. The molecule has 33 heavy (non-hydrogen) atoms. The largest absolute Gasteiger partial charge is 0.435 e. The number of fused-ring (bicyclic) bond motifs is 2. The molecule has 1 aliphatic rings. The average Bonchev–Trinajstić information content (AvgIpc) is 3.44. The average molecular weight is 473 g/mol. The Bertz CT molecular complexity index is 1350. The van der Waals surface area contributed by atoms with Gasteiger partial charge in [0.1, 0.15) is 12.2 Å². The van der Waals surface area contributed by atoms with Gasteiger partial charge in [-0.1, -0.05) is 5.16 Å². The first-order chi connectivity index (χ1) is 15.5. The third-order valence-corrected chi connectivity index (χ3v) is 5.05. The van der Waals surface area contributed by atoms with E-state index in [2.05, 4.69) is 25.3 Å². The SMILES string of the molecule is Cc1cc(C(F)(F)F)n2ncc(-c3noc(Cn4nc(C(F)(F)F)c5c4CCOC5)n3)c2n1. The summed E-state index contributed by atoms with van der Waals surface area (Å²) in [6.45, 7) is 1.16. The molecule has 4 aromatic heterocycles. The highest BCUT2D eigenvalue weighted by molar-refractivity contribution is 5.72. The van der Waals surface area contributed by atoms with E-state index in [1.165, 1.54) is 6.92 Å². The number of hydrogen-bond donors (Lipinski definition) is 0. The summed E-state index contributed by atoms with van der Waals surface area (Å²) in [6.07, 6.45) is -8.00. The fraction of sp³-hybridized carbons (Fsp3) is 0.389. The van der Waals surface area contributed by atoms with Crippen LogP contribution in [0.2, 0.25) is 0 Å². The van der Waals surface area contributed by atoms with E-state index in [0.29, 0.717) is 10.2 Å². The van der Waals surface area contributed by atoms with Crippen LogP contribution >= 0.6 is 0 Å². The Morgan fingerprint density at radius 2 is 1.88 bits per heavy atom. The van der Waals surface area contributed by atoms with Crippen LogP contribution in [0.5, 0.6) is 0 Å². The minimum atomic E-state index is -4.67. The molecule has 0 atom stereocenters. The molecule has 0 spiro atoms. The van der Waals surface area contributed by atoms with E-state index < -0.39 is 23.7 Å². The standard InChI is InChI=1S/C18H13F6N7O2/c1-8-4-12(17(19,20)21)31-16(26-8)9(5-25-31)15-27-13(33-29-15)6-30-11-2-3-32-7-10(11)14(28-30)18(22,23)24/h4-5H,2-3,6-7H2,1H3. The van der Waals surface area contributed by atoms with Gasteiger partial charge in [-0.05, 0) is 13.0 Å². The number of aryl methyl sites for hydroxylation is 1. The molecule has 0 radical (unpaired) electrons. The highest BCUT2D eigenvalue weighted by Gasteiger charge is 2.40. The number of ether oxygens (including phenoxy) is 1. The Balaban J connectivity index is 1.51. The highest BCUT2D eigenvalue weighted by Crippen LogP contribution is 2.35. The van der Waals surface area contributed by atoms with Gasteiger partial charge in [0.2, 0.25) is 11.7 Å². The molecule has 9 nitrogen and oxygen atoms in total. The van der Waals surface area contributed by atoms with Crippen molar-refractivity contribution < 1.29 is 35.6 Å². The van der Waals surface area contributed by atoms with Crippen LogP contribution in [-0.2, 0) is 36.7 Å². The lowest BCUT2D eigenvalue weighted by Crippen LogP contribution is -2.15. The van der Waals surface area contributed by atoms with Gasteiger partial charge in [0, 0.05) is 23.4 Å². The number of hydrogen-bond acceptors (Lipinski definition) is 7. The molecule has 5 rings (SSSR count). The molecule has 4 aromatic rings. The Kier molecular flexibility index (Phi) is 4.70. The van der Waals surface area contributed by atoms with Crippen molar-refractivity contribution in [1.82, 2.24) is 34.5 Å². The third kappa shape index (κ3) is 3.71. The second-order valence-electron chi connectivity index (χ2n) is 7.32. The predicted octanol–water partition coefficient (Wildman–Crippen LogP) is 3.44. The smallest absolute Gasteiger partial charge is 0.376 e. The van der Waals surface area contributed by atoms with Crippen molar-refractivity contribution in [2.45, 2.75) is 38.8 Å². The molecule has 0 aromatic carbocycles. The Labute approximate surface area is 180 Å². The molecule has 5 heterocycles. The van der Waals surface area contributed by atoms with E-state index in [9.17, 15) is 26.3 Å². The Morgan fingerprint density at radius 1 is 1.09 bits per heavy atom. The van der Waals surface area contributed by atoms with Gasteiger partial charge in [-0.2, -0.15) is 41.5 Å². The van der Waals surface area contributed by atoms with Crippen LogP contribution in [0.15, 0.2) is 16.8 Å². The van der Waals surface area contributed by atoms with Gasteiger partial charge in [0.05, 0.1) is 25.0 Å². The van der Waals surface area contributed by atoms with Gasteiger partial charge in [0.15, 0.2) is 11.3 Å². The zero-order chi connectivity index (χ0) is 23.5. The van der Waals surface area contributed by atoms with Gasteiger partial charge in [-0.3, -0.25) is 4.68 Å². The van der Waals surface area contributed by atoms with E-state index in [4.69, 9.17) is 9.26 Å². The van der Waals surface area contributed by atoms with E-state index in [1.807, 2.05) is 0 Å². The topological polar surface area (TPSA) is 96.2 Å². The first-order valence-electron chi connectivity index (χ1n) is 9.51. The van der Waals surface area contributed by atoms with E-state index in [-0.39, 0.29) is 60.4 Å². The number of rotatable bonds is 3. The van der Waals surface area contributed by atoms with Crippen LogP contribution < -0.4 is 0 Å². The fourth-order valence-corrected chi connectivity index (χ4v) is 3.67. The predicted molar refractivity (Wildman–Crippen MR) is 95.7 cm³/mol. The zero-order valence-electron chi connectivity index (χ0n) is 16.7. The van der Waals surface area contributed by atoms with Crippen LogP contribution in [0.4, 0.5) is 26.3 Å². The molecule has 0 N–H and O–H groups in total. The number of nitrogens with zero attached hydrogens (tertiary/aromatic N) is 7. The lowest BCUT2D eigenvalue weighted by atomic mass is 10.1. The quantitative estimate of drug-likeness (QED) is 0.421. The first-order valence-corrected chi connectivity index (χ1v) is 9.51. The van der Waals surface area contributed by atoms with Crippen LogP contribution in [0.25, 0.3) is 17.0 Å². The summed E-state index contributed by atoms with van der Waals surface area (Å²) in [5.41, 5.74) is -1.73. The molecule has 0 fully saturated rings. The minimum Gasteiger partial charge on any atom is -0.376 e. The van der Waals surface area contributed by atoms with Gasteiger partial charge in [-0.25, -0.2) is 9.50 Å². The summed E-state index contributed by atoms with van der Waals surface area (Å²) in [7, 11) is 0. The molecular weight excluding hydrogens is 460 g/mol. The summed E-state index contributed by atoms with van der Waals surface area (Å²) in [4.78, 5) is 8.20. The molecule has 15 heteroatoms. The summed E-state index contributed by atoms with van der Waals surface area (Å²) in [5, 5.41) is 11.1. The number of halogens is 6. The lowest BCUT2D eigenvalue weighted by Gasteiger charge is -2.14. The monoisotopic (exact) mass is 473 g/mol. The zero-order valence-corrected chi connectivity index (χ0v) is 16.7. The summed E-state index contributed by atoms with van der Waals surface area (Å²) in [5.74, 6) is -0.190. The molecule has 0 aliphatic carbocycles. The maximum Gasteiger partial charge on any atom is 0.435 e. The molecule has 0 saturated carbocycles. The third-order valence-electron chi connectivity index (χ3n) is 5.05. The van der Waals surface area contributed by atoms with Crippen LogP contribution in [0.3, 0.4) is 0 Å². The molecule has 0 bridgehead atoms. The van der Waals surface area contributed by atoms with E-state index >= 15 is 0 Å². The maximum absolute atomic E-state index is 13.3. The van der Waals surface area contributed by atoms with Crippen molar-refractivity contribution in [1.29, 1.82) is 0 Å². The van der Waals surface area contributed by atoms with Crippen molar-refractivity contribution in [3.8, 4) is 11.4 Å². The van der Waals surface area contributed by atoms with Crippen molar-refractivity contribution in [2.24, 2.45) is 0 Å². The van der Waals surface area contributed by atoms with Gasteiger partial charge < -0.3 is 9.26 Å². The minimum absolute atomic E-state index is 0.0459. The van der Waals surface area contributed by atoms with Gasteiger partial charge in [0.25, 0.3) is 0 Å². The van der Waals surface area contributed by atoms with Gasteiger partial charge in [-0.15, -0.1) is 0 Å². The Morgan fingerprint density at radius 3 is 2.61 bits per heavy atom. The van der Waals surface area contributed by atoms with Crippen molar-refractivity contribution >= 4 is 5.65 Å². The summed E-state index contributed by atoms with van der Waals surface area (Å²) >= 11 is 0. The lowest BCUT2D eigenvalue weighted by molar-refractivity contribution is -0.143. The first kappa shape index (κ1) is 21.4. The second kappa shape index (κ2) is 7.26. The van der Waals surface area contributed by atoms with Crippen LogP contribution in [0, 0.1) is 6.92 Å². The van der Waals surface area contributed by atoms with Crippen LogP contribution in [-0.4, -0.2) is 41.1 Å². The van der Waals surface area contributed by atoms with E-state index in [1.54, 1.807) is 0 Å². The van der Waals surface area contributed by atoms with Gasteiger partial charge >= 0.3 is 12.4 Å². The highest BCUT2D eigenvalue weighted by atomic mass is 19.4. The Hall–Kier alpha value is -3.49. The van der Waals surface area contributed by atoms with E-state index in [0.717, 1.165) is 16.9 Å². The molecule has 0 amide bonds. The van der Waals surface area contributed by atoms with Crippen molar-refractivity contribution in [3.63, 3.8) is 0 Å². The number of alkyl halides is 6. The number of aromatic nitrogens is 7. The normalized spacial score (nSPS) is 14.8. The fourth-order valence-electron chi connectivity index (χ4n) is 3.67. The molecule has 174 valence electrons. The summed E-state index contributed by atoms with van der Waals surface area (Å²) in [6, 6.07) is 0.855. The van der Waals surface area contributed by atoms with Crippen molar-refractivity contribution in [3.05, 3.63) is 46.5 Å².